The molecule has 2 aromatic rings. The monoisotopic (exact) mass is 270 g/mol. The number of amides is 1. The zero-order valence-electron chi connectivity index (χ0n) is 11.0. The minimum atomic E-state index is -0.276. The summed E-state index contributed by atoms with van der Waals surface area (Å²) < 4.78 is 10.5. The maximum Gasteiger partial charge on any atom is 0.258 e. The van der Waals surface area contributed by atoms with E-state index in [1.807, 2.05) is 13.0 Å². The molecule has 1 amide bonds. The molecule has 102 valence electrons. The number of rotatable bonds is 5. The van der Waals surface area contributed by atoms with Gasteiger partial charge in [0.05, 0.1) is 17.9 Å². The van der Waals surface area contributed by atoms with Gasteiger partial charge in [0, 0.05) is 0 Å². The predicted molar refractivity (Wildman–Crippen MR) is 71.9 cm³/mol. The van der Waals surface area contributed by atoms with Gasteiger partial charge in [0.25, 0.3) is 5.91 Å². The van der Waals surface area contributed by atoms with E-state index in [0.717, 1.165) is 0 Å². The second-order valence-corrected chi connectivity index (χ2v) is 4.20. The van der Waals surface area contributed by atoms with E-state index in [9.17, 15) is 4.79 Å². The topological polar surface area (TPSA) is 75.3 Å². The SMILES string of the molecule is CC(NC(=O)COc1ccccc1C#N)c1ccco1. The van der Waals surface area contributed by atoms with Crippen molar-refractivity contribution in [1.29, 1.82) is 5.26 Å². The van der Waals surface area contributed by atoms with Crippen LogP contribution in [0.5, 0.6) is 5.75 Å². The summed E-state index contributed by atoms with van der Waals surface area (Å²) in [6, 6.07) is 12.1. The molecular formula is C15H14N2O3. The molecule has 1 N–H and O–H groups in total. The van der Waals surface area contributed by atoms with Crippen molar-refractivity contribution in [2.24, 2.45) is 0 Å². The lowest BCUT2D eigenvalue weighted by atomic mass is 10.2. The average molecular weight is 270 g/mol. The first-order valence-corrected chi connectivity index (χ1v) is 6.15. The van der Waals surface area contributed by atoms with Crippen LogP contribution >= 0.6 is 0 Å². The third-order valence-electron chi connectivity index (χ3n) is 2.71. The van der Waals surface area contributed by atoms with Crippen LogP contribution in [-0.2, 0) is 4.79 Å². The first-order valence-electron chi connectivity index (χ1n) is 6.15. The van der Waals surface area contributed by atoms with Gasteiger partial charge in [-0.3, -0.25) is 4.79 Å². The van der Waals surface area contributed by atoms with Gasteiger partial charge in [-0.1, -0.05) is 12.1 Å². The molecule has 0 saturated carbocycles. The van der Waals surface area contributed by atoms with E-state index in [1.54, 1.807) is 42.7 Å². The highest BCUT2D eigenvalue weighted by atomic mass is 16.5. The molecular weight excluding hydrogens is 256 g/mol. The molecule has 1 aromatic heterocycles. The fourth-order valence-corrected chi connectivity index (χ4v) is 1.72. The fourth-order valence-electron chi connectivity index (χ4n) is 1.72. The Hall–Kier alpha value is -2.74. The molecule has 2 rings (SSSR count). The lowest BCUT2D eigenvalue weighted by Crippen LogP contribution is -2.31. The number of nitrogens with zero attached hydrogens (tertiary/aromatic N) is 1. The van der Waals surface area contributed by atoms with Gasteiger partial charge in [-0.15, -0.1) is 0 Å². The van der Waals surface area contributed by atoms with Gasteiger partial charge in [0.15, 0.2) is 6.61 Å². The lowest BCUT2D eigenvalue weighted by Gasteiger charge is -2.12. The van der Waals surface area contributed by atoms with Crippen molar-refractivity contribution in [2.75, 3.05) is 6.61 Å². The Morgan fingerprint density at radius 3 is 2.90 bits per heavy atom. The highest BCUT2D eigenvalue weighted by Crippen LogP contribution is 2.16. The molecule has 0 saturated heterocycles. The molecule has 5 heteroatoms. The maximum atomic E-state index is 11.8. The van der Waals surface area contributed by atoms with E-state index in [0.29, 0.717) is 17.1 Å². The van der Waals surface area contributed by atoms with Crippen molar-refractivity contribution in [1.82, 2.24) is 5.32 Å². The Morgan fingerprint density at radius 2 is 2.20 bits per heavy atom. The van der Waals surface area contributed by atoms with Crippen molar-refractivity contribution in [3.63, 3.8) is 0 Å². The fraction of sp³-hybridized carbons (Fsp3) is 0.200. The zero-order chi connectivity index (χ0) is 14.4. The minimum absolute atomic E-state index is 0.149. The Morgan fingerprint density at radius 1 is 1.40 bits per heavy atom. The summed E-state index contributed by atoms with van der Waals surface area (Å²) in [4.78, 5) is 11.8. The lowest BCUT2D eigenvalue weighted by molar-refractivity contribution is -0.123. The van der Waals surface area contributed by atoms with Crippen LogP contribution in [0.2, 0.25) is 0 Å². The second kappa shape index (κ2) is 6.43. The molecule has 0 aliphatic rings. The first-order chi connectivity index (χ1) is 9.70. The van der Waals surface area contributed by atoms with Gasteiger partial charge < -0.3 is 14.5 Å². The summed E-state index contributed by atoms with van der Waals surface area (Å²) in [5.74, 6) is 0.799. The van der Waals surface area contributed by atoms with Crippen molar-refractivity contribution < 1.29 is 13.9 Å². The Labute approximate surface area is 116 Å². The Balaban J connectivity index is 1.88. The van der Waals surface area contributed by atoms with E-state index >= 15 is 0 Å². The number of benzene rings is 1. The molecule has 1 aromatic carbocycles. The van der Waals surface area contributed by atoms with E-state index in [2.05, 4.69) is 5.32 Å². The van der Waals surface area contributed by atoms with Crippen LogP contribution in [0.4, 0.5) is 0 Å². The maximum absolute atomic E-state index is 11.8. The molecule has 5 nitrogen and oxygen atoms in total. The van der Waals surface area contributed by atoms with Crippen molar-refractivity contribution in [3.8, 4) is 11.8 Å². The minimum Gasteiger partial charge on any atom is -0.482 e. The summed E-state index contributed by atoms with van der Waals surface area (Å²) in [5.41, 5.74) is 0.402. The molecule has 1 heterocycles. The normalized spacial score (nSPS) is 11.4. The number of carbonyl (C=O) groups is 1. The molecule has 0 bridgehead atoms. The number of furan rings is 1. The van der Waals surface area contributed by atoms with Gasteiger partial charge in [-0.05, 0) is 31.2 Å². The van der Waals surface area contributed by atoms with Gasteiger partial charge in [0.1, 0.15) is 17.6 Å². The Bertz CT molecular complexity index is 614. The van der Waals surface area contributed by atoms with Gasteiger partial charge in [0.2, 0.25) is 0 Å². The second-order valence-electron chi connectivity index (χ2n) is 4.20. The van der Waals surface area contributed by atoms with Crippen molar-refractivity contribution in [3.05, 3.63) is 54.0 Å². The number of ether oxygens (including phenoxy) is 1. The average Bonchev–Trinajstić information content (AvgIpc) is 2.99. The molecule has 1 atom stereocenters. The molecule has 1 unspecified atom stereocenters. The van der Waals surface area contributed by atoms with E-state index in [-0.39, 0.29) is 18.6 Å². The van der Waals surface area contributed by atoms with Gasteiger partial charge in [-0.25, -0.2) is 0 Å². The largest absolute Gasteiger partial charge is 0.482 e. The predicted octanol–water partition coefficient (Wildman–Crippen LogP) is 2.41. The van der Waals surface area contributed by atoms with E-state index in [1.165, 1.54) is 0 Å². The summed E-state index contributed by atoms with van der Waals surface area (Å²) in [7, 11) is 0. The molecule has 0 aliphatic heterocycles. The van der Waals surface area contributed by atoms with Crippen LogP contribution in [0.3, 0.4) is 0 Å². The van der Waals surface area contributed by atoms with Gasteiger partial charge >= 0.3 is 0 Å². The molecule has 0 spiro atoms. The van der Waals surface area contributed by atoms with Gasteiger partial charge in [-0.2, -0.15) is 5.26 Å². The Kier molecular flexibility index (Phi) is 4.40. The highest BCUT2D eigenvalue weighted by molar-refractivity contribution is 5.78. The number of para-hydroxylation sites is 1. The smallest absolute Gasteiger partial charge is 0.258 e. The summed E-state index contributed by atoms with van der Waals surface area (Å²) >= 11 is 0. The number of hydrogen-bond acceptors (Lipinski definition) is 4. The number of nitriles is 1. The highest BCUT2D eigenvalue weighted by Gasteiger charge is 2.12. The zero-order valence-corrected chi connectivity index (χ0v) is 11.0. The third-order valence-corrected chi connectivity index (χ3v) is 2.71. The van der Waals surface area contributed by atoms with E-state index in [4.69, 9.17) is 14.4 Å². The standard InChI is InChI=1S/C15H14N2O3/c1-11(13-7-4-8-19-13)17-15(18)10-20-14-6-3-2-5-12(14)9-16/h2-8,11H,10H2,1H3,(H,17,18). The summed E-state index contributed by atoms with van der Waals surface area (Å²) in [5, 5.41) is 11.7. The number of hydrogen-bond donors (Lipinski definition) is 1. The number of nitrogens with one attached hydrogen (secondary N) is 1. The third kappa shape index (κ3) is 3.39. The molecule has 0 aliphatic carbocycles. The summed E-state index contributed by atoms with van der Waals surface area (Å²) in [6.45, 7) is 1.67. The van der Waals surface area contributed by atoms with Crippen LogP contribution < -0.4 is 10.1 Å². The summed E-state index contributed by atoms with van der Waals surface area (Å²) in [6.07, 6.45) is 1.55. The van der Waals surface area contributed by atoms with Crippen LogP contribution in [0.15, 0.2) is 47.1 Å². The van der Waals surface area contributed by atoms with Crippen LogP contribution in [0, 0.1) is 11.3 Å². The van der Waals surface area contributed by atoms with E-state index < -0.39 is 0 Å². The number of carbonyl (C=O) groups excluding carboxylic acids is 1. The van der Waals surface area contributed by atoms with Crippen molar-refractivity contribution >= 4 is 5.91 Å². The quantitative estimate of drug-likeness (QED) is 0.905. The molecule has 20 heavy (non-hydrogen) atoms. The van der Waals surface area contributed by atoms with Crippen molar-refractivity contribution in [2.45, 2.75) is 13.0 Å². The first kappa shape index (κ1) is 13.7. The van der Waals surface area contributed by atoms with Crippen LogP contribution in [-0.4, -0.2) is 12.5 Å². The van der Waals surface area contributed by atoms with Crippen LogP contribution in [0.1, 0.15) is 24.3 Å². The molecule has 0 fully saturated rings. The molecule has 0 radical (unpaired) electrons. The van der Waals surface area contributed by atoms with Crippen LogP contribution in [0.25, 0.3) is 0 Å².